The number of carbonyl (C=O) groups excluding carboxylic acids is 1. The number of oxime groups is 1. The van der Waals surface area contributed by atoms with Crippen LogP contribution in [0, 0.1) is 5.41 Å². The van der Waals surface area contributed by atoms with Gasteiger partial charge < -0.3 is 20.8 Å². The van der Waals surface area contributed by atoms with Crippen molar-refractivity contribution >= 4 is 11.7 Å². The first-order chi connectivity index (χ1) is 9.60. The molecule has 0 bridgehead atoms. The average Bonchev–Trinajstić information content (AvgIpc) is 2.96. The standard InChI is InChI=1S/C13H22N4O3/c1-3-6-13(7-4-2,11(14)17-19)12(18)15-9-10-5-8-16-20-10/h5,8,19H,3-4,6-7,9H2,1-2H3,(H2,14,17)(H,15,18). The number of amides is 1. The summed E-state index contributed by atoms with van der Waals surface area (Å²) >= 11 is 0. The van der Waals surface area contributed by atoms with Gasteiger partial charge in [-0.2, -0.15) is 0 Å². The van der Waals surface area contributed by atoms with Crippen molar-refractivity contribution in [1.82, 2.24) is 10.5 Å². The summed E-state index contributed by atoms with van der Waals surface area (Å²) in [5.41, 5.74) is 4.80. The average molecular weight is 282 g/mol. The minimum absolute atomic E-state index is 0.0451. The number of rotatable bonds is 8. The molecule has 4 N–H and O–H groups in total. The second-order valence-corrected chi connectivity index (χ2v) is 4.73. The van der Waals surface area contributed by atoms with E-state index in [1.54, 1.807) is 6.07 Å². The third-order valence-corrected chi connectivity index (χ3v) is 3.30. The Morgan fingerprint density at radius 3 is 2.60 bits per heavy atom. The molecule has 0 aromatic carbocycles. The van der Waals surface area contributed by atoms with E-state index in [-0.39, 0.29) is 18.3 Å². The van der Waals surface area contributed by atoms with Crippen LogP contribution in [-0.2, 0) is 11.3 Å². The quantitative estimate of drug-likeness (QED) is 0.290. The van der Waals surface area contributed by atoms with E-state index in [0.717, 1.165) is 12.8 Å². The highest BCUT2D eigenvalue weighted by atomic mass is 16.5. The number of carbonyl (C=O) groups is 1. The second kappa shape index (κ2) is 7.52. The van der Waals surface area contributed by atoms with E-state index in [4.69, 9.17) is 15.5 Å². The Balaban J connectivity index is 2.87. The van der Waals surface area contributed by atoms with Crippen LogP contribution in [0.25, 0.3) is 0 Å². The lowest BCUT2D eigenvalue weighted by atomic mass is 9.77. The van der Waals surface area contributed by atoms with Gasteiger partial charge in [0, 0.05) is 6.07 Å². The maximum absolute atomic E-state index is 12.5. The molecule has 1 amide bonds. The van der Waals surface area contributed by atoms with Crippen molar-refractivity contribution in [3.8, 4) is 0 Å². The van der Waals surface area contributed by atoms with Gasteiger partial charge in [0.1, 0.15) is 5.41 Å². The van der Waals surface area contributed by atoms with Gasteiger partial charge in [-0.3, -0.25) is 4.79 Å². The van der Waals surface area contributed by atoms with Gasteiger partial charge in [0.25, 0.3) is 0 Å². The number of aromatic nitrogens is 1. The first kappa shape index (κ1) is 16.0. The van der Waals surface area contributed by atoms with Crippen molar-refractivity contribution in [2.45, 2.75) is 46.1 Å². The summed E-state index contributed by atoms with van der Waals surface area (Å²) in [4.78, 5) is 12.5. The molecular formula is C13H22N4O3. The van der Waals surface area contributed by atoms with Crippen molar-refractivity contribution in [3.05, 3.63) is 18.0 Å². The van der Waals surface area contributed by atoms with Crippen LogP contribution in [0.3, 0.4) is 0 Å². The lowest BCUT2D eigenvalue weighted by Crippen LogP contribution is -2.49. The van der Waals surface area contributed by atoms with E-state index in [1.165, 1.54) is 6.20 Å². The summed E-state index contributed by atoms with van der Waals surface area (Å²) in [5.74, 6) is 0.254. The number of nitrogens with one attached hydrogen (secondary N) is 1. The molecule has 0 aliphatic carbocycles. The van der Waals surface area contributed by atoms with Crippen molar-refractivity contribution in [2.75, 3.05) is 0 Å². The van der Waals surface area contributed by atoms with Crippen LogP contribution in [0.1, 0.15) is 45.3 Å². The summed E-state index contributed by atoms with van der Waals surface area (Å²) in [7, 11) is 0. The molecule has 0 saturated carbocycles. The van der Waals surface area contributed by atoms with E-state index in [1.807, 2.05) is 13.8 Å². The summed E-state index contributed by atoms with van der Waals surface area (Å²) in [5, 5.41) is 18.4. The number of nitrogens with zero attached hydrogens (tertiary/aromatic N) is 2. The third-order valence-electron chi connectivity index (χ3n) is 3.30. The Bertz CT molecular complexity index is 436. The lowest BCUT2D eigenvalue weighted by molar-refractivity contribution is -0.128. The highest BCUT2D eigenvalue weighted by molar-refractivity contribution is 6.06. The Morgan fingerprint density at radius 1 is 1.50 bits per heavy atom. The van der Waals surface area contributed by atoms with Gasteiger partial charge in [-0.05, 0) is 12.8 Å². The zero-order valence-electron chi connectivity index (χ0n) is 11.9. The van der Waals surface area contributed by atoms with Crippen LogP contribution in [0.4, 0.5) is 0 Å². The molecular weight excluding hydrogens is 260 g/mol. The maximum Gasteiger partial charge on any atom is 0.234 e. The highest BCUT2D eigenvalue weighted by Gasteiger charge is 2.41. The fourth-order valence-electron chi connectivity index (χ4n) is 2.34. The zero-order chi connectivity index (χ0) is 15.0. The van der Waals surface area contributed by atoms with Crippen LogP contribution in [0.5, 0.6) is 0 Å². The molecule has 112 valence electrons. The Labute approximate surface area is 118 Å². The van der Waals surface area contributed by atoms with Crippen molar-refractivity contribution in [2.24, 2.45) is 16.3 Å². The fraction of sp³-hybridized carbons (Fsp3) is 0.615. The summed E-state index contributed by atoms with van der Waals surface area (Å²) in [6, 6.07) is 1.67. The third kappa shape index (κ3) is 3.49. The van der Waals surface area contributed by atoms with Crippen molar-refractivity contribution < 1.29 is 14.5 Å². The van der Waals surface area contributed by atoms with Crippen LogP contribution in [0.15, 0.2) is 21.9 Å². The van der Waals surface area contributed by atoms with Crippen LogP contribution in [0.2, 0.25) is 0 Å². The Hall–Kier alpha value is -2.05. The van der Waals surface area contributed by atoms with Crippen LogP contribution < -0.4 is 11.1 Å². The molecule has 1 aromatic rings. The van der Waals surface area contributed by atoms with Gasteiger partial charge in [-0.15, -0.1) is 0 Å². The molecule has 0 unspecified atom stereocenters. The number of hydrogen-bond acceptors (Lipinski definition) is 5. The first-order valence-electron chi connectivity index (χ1n) is 6.76. The number of hydrogen-bond donors (Lipinski definition) is 3. The maximum atomic E-state index is 12.5. The minimum atomic E-state index is -0.974. The molecule has 0 spiro atoms. The lowest BCUT2D eigenvalue weighted by Gasteiger charge is -2.30. The molecule has 7 heteroatoms. The number of amidine groups is 1. The molecule has 0 aliphatic rings. The fourth-order valence-corrected chi connectivity index (χ4v) is 2.34. The summed E-state index contributed by atoms with van der Waals surface area (Å²) in [6.07, 6.45) is 4.08. The predicted molar refractivity (Wildman–Crippen MR) is 74.0 cm³/mol. The predicted octanol–water partition coefficient (Wildman–Crippen LogP) is 1.62. The second-order valence-electron chi connectivity index (χ2n) is 4.73. The monoisotopic (exact) mass is 282 g/mol. The van der Waals surface area contributed by atoms with E-state index in [9.17, 15) is 4.79 Å². The molecule has 1 aromatic heterocycles. The summed E-state index contributed by atoms with van der Waals surface area (Å²) in [6.45, 7) is 4.14. The minimum Gasteiger partial charge on any atom is -0.409 e. The van der Waals surface area contributed by atoms with Gasteiger partial charge >= 0.3 is 0 Å². The van der Waals surface area contributed by atoms with Crippen molar-refractivity contribution in [1.29, 1.82) is 0 Å². The van der Waals surface area contributed by atoms with Crippen LogP contribution in [-0.4, -0.2) is 22.1 Å². The molecule has 20 heavy (non-hydrogen) atoms. The van der Waals surface area contributed by atoms with Gasteiger partial charge in [-0.1, -0.05) is 37.0 Å². The topological polar surface area (TPSA) is 114 Å². The van der Waals surface area contributed by atoms with E-state index in [2.05, 4.69) is 15.6 Å². The van der Waals surface area contributed by atoms with E-state index >= 15 is 0 Å². The molecule has 0 aliphatic heterocycles. The molecule has 7 nitrogen and oxygen atoms in total. The Morgan fingerprint density at radius 2 is 2.15 bits per heavy atom. The van der Waals surface area contributed by atoms with Gasteiger partial charge in [-0.25, -0.2) is 0 Å². The van der Waals surface area contributed by atoms with E-state index < -0.39 is 5.41 Å². The molecule has 0 radical (unpaired) electrons. The van der Waals surface area contributed by atoms with Gasteiger partial charge in [0.05, 0.1) is 12.7 Å². The van der Waals surface area contributed by atoms with Crippen LogP contribution >= 0.6 is 0 Å². The smallest absolute Gasteiger partial charge is 0.234 e. The Kier molecular flexibility index (Phi) is 6.02. The molecule has 1 rings (SSSR count). The van der Waals surface area contributed by atoms with E-state index in [0.29, 0.717) is 18.6 Å². The first-order valence-corrected chi connectivity index (χ1v) is 6.76. The van der Waals surface area contributed by atoms with Crippen molar-refractivity contribution in [3.63, 3.8) is 0 Å². The summed E-state index contributed by atoms with van der Waals surface area (Å²) < 4.78 is 4.93. The van der Waals surface area contributed by atoms with Gasteiger partial charge in [0.2, 0.25) is 5.91 Å². The zero-order valence-corrected chi connectivity index (χ0v) is 11.9. The normalized spacial score (nSPS) is 12.4. The largest absolute Gasteiger partial charge is 0.409 e. The molecule has 0 saturated heterocycles. The molecule has 0 fully saturated rings. The number of nitrogens with two attached hydrogens (primary N) is 1. The molecule has 0 atom stereocenters. The van der Waals surface area contributed by atoms with Gasteiger partial charge in [0.15, 0.2) is 11.6 Å². The highest BCUT2D eigenvalue weighted by Crippen LogP contribution is 2.30. The molecule has 1 heterocycles. The SMILES string of the molecule is CCCC(CCC)(C(=O)NCc1ccno1)C(N)=NO.